The van der Waals surface area contributed by atoms with Gasteiger partial charge in [-0.15, -0.1) is 11.3 Å². The van der Waals surface area contributed by atoms with Crippen molar-refractivity contribution >= 4 is 16.5 Å². The first-order valence-electron chi connectivity index (χ1n) is 6.51. The van der Waals surface area contributed by atoms with Crippen LogP contribution >= 0.6 is 11.3 Å². The van der Waals surface area contributed by atoms with Gasteiger partial charge < -0.3 is 19.7 Å². The number of hydrogen-bond donors (Lipinski definition) is 1. The summed E-state index contributed by atoms with van der Waals surface area (Å²) in [6.07, 6.45) is 0. The monoisotopic (exact) mass is 287 g/mol. The van der Waals surface area contributed by atoms with E-state index in [1.165, 1.54) is 4.88 Å². The molecule has 1 atom stereocenters. The van der Waals surface area contributed by atoms with E-state index in [1.807, 2.05) is 7.05 Å². The molecule has 0 fully saturated rings. The van der Waals surface area contributed by atoms with Crippen molar-refractivity contribution in [2.24, 2.45) is 0 Å². The summed E-state index contributed by atoms with van der Waals surface area (Å²) in [5, 5.41) is 4.31. The van der Waals surface area contributed by atoms with E-state index < -0.39 is 0 Å². The molecule has 1 aromatic heterocycles. The van der Waals surface area contributed by atoms with Gasteiger partial charge in [-0.05, 0) is 20.9 Å². The van der Waals surface area contributed by atoms with Crippen LogP contribution < -0.4 is 10.2 Å². The first kappa shape index (κ1) is 16.4. The summed E-state index contributed by atoms with van der Waals surface area (Å²) in [6.45, 7) is 7.27. The second kappa shape index (κ2) is 8.47. The Morgan fingerprint density at radius 2 is 1.84 bits per heavy atom. The van der Waals surface area contributed by atoms with Gasteiger partial charge in [-0.3, -0.25) is 0 Å². The zero-order valence-electron chi connectivity index (χ0n) is 12.5. The van der Waals surface area contributed by atoms with Crippen molar-refractivity contribution in [3.05, 3.63) is 10.6 Å². The second-order valence-electron chi connectivity index (χ2n) is 4.43. The average molecular weight is 287 g/mol. The van der Waals surface area contributed by atoms with Crippen LogP contribution in [-0.4, -0.2) is 52.6 Å². The molecule has 0 aromatic carbocycles. The first-order chi connectivity index (χ1) is 9.13. The molecule has 0 spiro atoms. The Labute approximate surface area is 119 Å². The summed E-state index contributed by atoms with van der Waals surface area (Å²) in [5.41, 5.74) is 1.10. The van der Waals surface area contributed by atoms with Crippen LogP contribution in [-0.2, 0) is 9.47 Å². The zero-order valence-corrected chi connectivity index (χ0v) is 13.3. The Morgan fingerprint density at radius 1 is 1.26 bits per heavy atom. The van der Waals surface area contributed by atoms with Crippen LogP contribution in [0.1, 0.15) is 23.5 Å². The van der Waals surface area contributed by atoms with E-state index >= 15 is 0 Å². The van der Waals surface area contributed by atoms with Crippen LogP contribution in [0.25, 0.3) is 0 Å². The Bertz CT molecular complexity index is 363. The molecule has 0 aliphatic rings. The SMILES string of the molecule is CNC(C)c1sc(N(CCOC)CCOC)nc1C. The summed E-state index contributed by atoms with van der Waals surface area (Å²) in [6, 6.07) is 0.331. The fourth-order valence-corrected chi connectivity index (χ4v) is 2.95. The number of rotatable bonds is 9. The van der Waals surface area contributed by atoms with Gasteiger partial charge in [-0.25, -0.2) is 4.98 Å². The lowest BCUT2D eigenvalue weighted by atomic mass is 10.2. The van der Waals surface area contributed by atoms with Gasteiger partial charge in [0.2, 0.25) is 0 Å². The van der Waals surface area contributed by atoms with E-state index in [0.29, 0.717) is 19.3 Å². The van der Waals surface area contributed by atoms with Gasteiger partial charge in [0.15, 0.2) is 5.13 Å². The molecular formula is C13H25N3O2S. The Morgan fingerprint density at radius 3 is 2.32 bits per heavy atom. The van der Waals surface area contributed by atoms with Crippen LogP contribution in [0.5, 0.6) is 0 Å². The minimum Gasteiger partial charge on any atom is -0.383 e. The number of anilines is 1. The highest BCUT2D eigenvalue weighted by molar-refractivity contribution is 7.15. The predicted molar refractivity (Wildman–Crippen MR) is 80.3 cm³/mol. The van der Waals surface area contributed by atoms with Crippen LogP contribution in [0.15, 0.2) is 0 Å². The highest BCUT2D eigenvalue weighted by atomic mass is 32.1. The van der Waals surface area contributed by atoms with E-state index in [4.69, 9.17) is 9.47 Å². The molecule has 0 aliphatic heterocycles. The summed E-state index contributed by atoms with van der Waals surface area (Å²) in [4.78, 5) is 8.19. The third kappa shape index (κ3) is 4.72. The van der Waals surface area contributed by atoms with Crippen molar-refractivity contribution in [3.63, 3.8) is 0 Å². The number of nitrogens with one attached hydrogen (secondary N) is 1. The number of methoxy groups -OCH3 is 2. The van der Waals surface area contributed by atoms with Crippen LogP contribution in [0.2, 0.25) is 0 Å². The van der Waals surface area contributed by atoms with Gasteiger partial charge in [0.1, 0.15) is 0 Å². The molecule has 1 heterocycles. The lowest BCUT2D eigenvalue weighted by Crippen LogP contribution is -2.30. The largest absolute Gasteiger partial charge is 0.383 e. The maximum atomic E-state index is 5.16. The van der Waals surface area contributed by atoms with E-state index in [0.717, 1.165) is 23.9 Å². The molecule has 0 saturated heterocycles. The molecule has 0 amide bonds. The summed E-state index contributed by atoms with van der Waals surface area (Å²) in [5.74, 6) is 0. The van der Waals surface area contributed by atoms with Gasteiger partial charge in [0.05, 0.1) is 18.9 Å². The van der Waals surface area contributed by atoms with Crippen molar-refractivity contribution in [3.8, 4) is 0 Å². The minimum absolute atomic E-state index is 0.331. The number of aryl methyl sites for hydroxylation is 1. The first-order valence-corrected chi connectivity index (χ1v) is 7.33. The minimum atomic E-state index is 0.331. The molecule has 1 N–H and O–H groups in total. The number of nitrogens with zero attached hydrogens (tertiary/aromatic N) is 2. The fourth-order valence-electron chi connectivity index (χ4n) is 1.77. The molecule has 6 heteroatoms. The van der Waals surface area contributed by atoms with Crippen molar-refractivity contribution in [1.29, 1.82) is 0 Å². The summed E-state index contributed by atoms with van der Waals surface area (Å²) in [7, 11) is 5.41. The fraction of sp³-hybridized carbons (Fsp3) is 0.769. The molecule has 0 radical (unpaired) electrons. The standard InChI is InChI=1S/C13H25N3O2S/c1-10(14-3)12-11(2)15-13(19-12)16(6-8-17-4)7-9-18-5/h10,14H,6-9H2,1-5H3. The molecule has 110 valence electrons. The van der Waals surface area contributed by atoms with Crippen molar-refractivity contribution < 1.29 is 9.47 Å². The summed E-state index contributed by atoms with van der Waals surface area (Å²) >= 11 is 1.74. The Kier molecular flexibility index (Phi) is 7.30. The molecule has 1 aromatic rings. The molecule has 0 saturated carbocycles. The van der Waals surface area contributed by atoms with E-state index in [9.17, 15) is 0 Å². The van der Waals surface area contributed by atoms with Gasteiger partial charge >= 0.3 is 0 Å². The Balaban J connectivity index is 2.82. The summed E-state index contributed by atoms with van der Waals surface area (Å²) < 4.78 is 10.3. The number of thiazole rings is 1. The lowest BCUT2D eigenvalue weighted by Gasteiger charge is -2.20. The van der Waals surface area contributed by atoms with Gasteiger partial charge in [0, 0.05) is 38.2 Å². The normalized spacial score (nSPS) is 12.7. The van der Waals surface area contributed by atoms with E-state index in [2.05, 4.69) is 29.0 Å². The number of hydrogen-bond acceptors (Lipinski definition) is 6. The molecule has 19 heavy (non-hydrogen) atoms. The van der Waals surface area contributed by atoms with Crippen molar-refractivity contribution in [2.45, 2.75) is 19.9 Å². The van der Waals surface area contributed by atoms with Gasteiger partial charge in [-0.1, -0.05) is 0 Å². The topological polar surface area (TPSA) is 46.6 Å². The number of ether oxygens (including phenoxy) is 2. The van der Waals surface area contributed by atoms with Crippen LogP contribution in [0.3, 0.4) is 0 Å². The molecule has 0 aliphatic carbocycles. The van der Waals surface area contributed by atoms with Crippen molar-refractivity contribution in [2.75, 3.05) is 52.5 Å². The molecule has 0 bridgehead atoms. The zero-order chi connectivity index (χ0) is 14.3. The molecule has 1 unspecified atom stereocenters. The highest BCUT2D eigenvalue weighted by Crippen LogP contribution is 2.30. The van der Waals surface area contributed by atoms with Gasteiger partial charge in [0.25, 0.3) is 0 Å². The maximum absolute atomic E-state index is 5.16. The highest BCUT2D eigenvalue weighted by Gasteiger charge is 2.17. The van der Waals surface area contributed by atoms with E-state index in [1.54, 1.807) is 25.6 Å². The third-order valence-corrected chi connectivity index (χ3v) is 4.45. The smallest absolute Gasteiger partial charge is 0.185 e. The Hall–Kier alpha value is -0.690. The van der Waals surface area contributed by atoms with Gasteiger partial charge in [-0.2, -0.15) is 0 Å². The van der Waals surface area contributed by atoms with Crippen molar-refractivity contribution in [1.82, 2.24) is 10.3 Å². The average Bonchev–Trinajstić information content (AvgIpc) is 2.80. The quantitative estimate of drug-likeness (QED) is 0.751. The van der Waals surface area contributed by atoms with Crippen LogP contribution in [0, 0.1) is 6.92 Å². The van der Waals surface area contributed by atoms with E-state index in [-0.39, 0.29) is 0 Å². The molecular weight excluding hydrogens is 262 g/mol. The second-order valence-corrected chi connectivity index (χ2v) is 5.44. The molecule has 1 rings (SSSR count). The number of aromatic nitrogens is 1. The third-order valence-electron chi connectivity index (χ3n) is 3.05. The van der Waals surface area contributed by atoms with Crippen LogP contribution in [0.4, 0.5) is 5.13 Å². The lowest BCUT2D eigenvalue weighted by molar-refractivity contribution is 0.190. The predicted octanol–water partition coefficient (Wildman–Crippen LogP) is 1.83. The maximum Gasteiger partial charge on any atom is 0.185 e. The molecule has 5 nitrogen and oxygen atoms in total.